The zero-order valence-electron chi connectivity index (χ0n) is 10.4. The van der Waals surface area contributed by atoms with Crippen molar-refractivity contribution < 1.29 is 0 Å². The highest BCUT2D eigenvalue weighted by Gasteiger charge is 2.01. The Morgan fingerprint density at radius 2 is 1.67 bits per heavy atom. The largest absolute Gasteiger partial charge is 0.317 e. The second-order valence-corrected chi connectivity index (χ2v) is 4.62. The molecule has 0 heterocycles. The number of aryl methyl sites for hydroxylation is 1. The maximum atomic E-state index is 3.26. The minimum Gasteiger partial charge on any atom is -0.317 e. The van der Waals surface area contributed by atoms with E-state index in [0.717, 1.165) is 0 Å². The molecule has 1 nitrogen and oxygen atoms in total. The van der Waals surface area contributed by atoms with E-state index in [1.807, 2.05) is 7.05 Å². The van der Waals surface area contributed by atoms with E-state index in [4.69, 9.17) is 0 Å². The normalized spacial score (nSPS) is 13.1. The summed E-state index contributed by atoms with van der Waals surface area (Å²) < 4.78 is 0. The molecule has 1 rings (SSSR count). The van der Waals surface area contributed by atoms with Crippen molar-refractivity contribution in [3.63, 3.8) is 0 Å². The first kappa shape index (κ1) is 12.3. The van der Waals surface area contributed by atoms with Gasteiger partial charge in [0, 0.05) is 6.04 Å². The van der Waals surface area contributed by atoms with E-state index in [-0.39, 0.29) is 0 Å². The van der Waals surface area contributed by atoms with Gasteiger partial charge in [0.2, 0.25) is 0 Å². The van der Waals surface area contributed by atoms with Crippen LogP contribution in [-0.4, -0.2) is 13.1 Å². The predicted molar refractivity (Wildman–Crippen MR) is 67.4 cm³/mol. The first-order chi connectivity index (χ1) is 7.13. The molecule has 0 fully saturated rings. The van der Waals surface area contributed by atoms with Crippen molar-refractivity contribution in [2.75, 3.05) is 7.05 Å². The number of hydrogen-bond acceptors (Lipinski definition) is 1. The molecule has 0 amide bonds. The molecule has 1 atom stereocenters. The van der Waals surface area contributed by atoms with Gasteiger partial charge in [0.15, 0.2) is 0 Å². The lowest BCUT2D eigenvalue weighted by molar-refractivity contribution is 0.565. The fourth-order valence-corrected chi connectivity index (χ4v) is 1.60. The molecule has 0 saturated carbocycles. The zero-order valence-corrected chi connectivity index (χ0v) is 10.4. The van der Waals surface area contributed by atoms with Crippen LogP contribution >= 0.6 is 0 Å². The first-order valence-corrected chi connectivity index (χ1v) is 5.89. The molecule has 15 heavy (non-hydrogen) atoms. The molecule has 1 aromatic carbocycles. The summed E-state index contributed by atoms with van der Waals surface area (Å²) in [7, 11) is 2.02. The molecule has 84 valence electrons. The summed E-state index contributed by atoms with van der Waals surface area (Å²) in [5, 5.41) is 3.26. The molecular weight excluding hydrogens is 182 g/mol. The molecule has 0 unspecified atom stereocenters. The van der Waals surface area contributed by atoms with Gasteiger partial charge in [-0.3, -0.25) is 0 Å². The molecule has 0 bridgehead atoms. The van der Waals surface area contributed by atoms with Gasteiger partial charge < -0.3 is 5.32 Å². The maximum absolute atomic E-state index is 3.26. The summed E-state index contributed by atoms with van der Waals surface area (Å²) >= 11 is 0. The van der Waals surface area contributed by atoms with E-state index in [1.165, 1.54) is 24.0 Å². The standard InChI is InChI=1S/C14H23N/c1-11(2)14-9-7-13(8-10-14)6-5-12(3)15-4/h7-12,15H,5-6H2,1-4H3/t12-/m0/s1. The van der Waals surface area contributed by atoms with Crippen LogP contribution in [0.15, 0.2) is 24.3 Å². The Morgan fingerprint density at radius 1 is 1.07 bits per heavy atom. The van der Waals surface area contributed by atoms with E-state index in [9.17, 15) is 0 Å². The van der Waals surface area contributed by atoms with Crippen molar-refractivity contribution in [3.8, 4) is 0 Å². The SMILES string of the molecule is CN[C@@H](C)CCc1ccc(C(C)C)cc1. The van der Waals surface area contributed by atoms with Gasteiger partial charge in [-0.2, -0.15) is 0 Å². The summed E-state index contributed by atoms with van der Waals surface area (Å²) in [6.45, 7) is 6.69. The number of nitrogens with one attached hydrogen (secondary N) is 1. The van der Waals surface area contributed by atoms with Gasteiger partial charge in [0.1, 0.15) is 0 Å². The summed E-state index contributed by atoms with van der Waals surface area (Å²) in [6, 6.07) is 9.64. The minimum absolute atomic E-state index is 0.606. The van der Waals surface area contributed by atoms with Crippen LogP contribution in [0, 0.1) is 0 Å². The van der Waals surface area contributed by atoms with E-state index in [2.05, 4.69) is 50.4 Å². The minimum atomic E-state index is 0.606. The molecular formula is C14H23N. The Kier molecular flexibility index (Phi) is 4.83. The Bertz CT molecular complexity index is 274. The van der Waals surface area contributed by atoms with Crippen LogP contribution in [0.3, 0.4) is 0 Å². The lowest BCUT2D eigenvalue weighted by Gasteiger charge is -2.10. The van der Waals surface area contributed by atoms with Crippen molar-refractivity contribution in [2.24, 2.45) is 0 Å². The van der Waals surface area contributed by atoms with Crippen molar-refractivity contribution in [1.29, 1.82) is 0 Å². The van der Waals surface area contributed by atoms with Crippen molar-refractivity contribution in [1.82, 2.24) is 5.32 Å². The smallest absolute Gasteiger partial charge is 0.00388 e. The summed E-state index contributed by atoms with van der Waals surface area (Å²) in [4.78, 5) is 0. The highest BCUT2D eigenvalue weighted by atomic mass is 14.8. The van der Waals surface area contributed by atoms with Crippen LogP contribution in [-0.2, 0) is 6.42 Å². The van der Waals surface area contributed by atoms with Crippen LogP contribution in [0.25, 0.3) is 0 Å². The third kappa shape index (κ3) is 4.05. The molecule has 0 spiro atoms. The molecule has 1 aromatic rings. The molecule has 1 N–H and O–H groups in total. The molecule has 0 saturated heterocycles. The van der Waals surface area contributed by atoms with E-state index < -0.39 is 0 Å². The fourth-order valence-electron chi connectivity index (χ4n) is 1.60. The number of rotatable bonds is 5. The van der Waals surface area contributed by atoms with Crippen LogP contribution in [0.2, 0.25) is 0 Å². The summed E-state index contributed by atoms with van der Waals surface area (Å²) in [5.41, 5.74) is 2.88. The van der Waals surface area contributed by atoms with Gasteiger partial charge in [-0.1, -0.05) is 38.1 Å². The Hall–Kier alpha value is -0.820. The highest BCUT2D eigenvalue weighted by Crippen LogP contribution is 2.15. The van der Waals surface area contributed by atoms with Crippen LogP contribution in [0.1, 0.15) is 44.2 Å². The van der Waals surface area contributed by atoms with Gasteiger partial charge in [0.05, 0.1) is 0 Å². The maximum Gasteiger partial charge on any atom is 0.00388 e. The number of hydrogen-bond donors (Lipinski definition) is 1. The topological polar surface area (TPSA) is 12.0 Å². The molecule has 1 heteroatoms. The van der Waals surface area contributed by atoms with E-state index in [1.54, 1.807) is 0 Å². The van der Waals surface area contributed by atoms with E-state index in [0.29, 0.717) is 12.0 Å². The van der Waals surface area contributed by atoms with Gasteiger partial charge >= 0.3 is 0 Å². The van der Waals surface area contributed by atoms with Crippen LogP contribution in [0.5, 0.6) is 0 Å². The molecule has 0 radical (unpaired) electrons. The Labute approximate surface area is 93.9 Å². The van der Waals surface area contributed by atoms with Gasteiger partial charge in [0.25, 0.3) is 0 Å². The third-order valence-electron chi connectivity index (χ3n) is 3.01. The fraction of sp³-hybridized carbons (Fsp3) is 0.571. The molecule has 0 aromatic heterocycles. The van der Waals surface area contributed by atoms with Crippen LogP contribution in [0.4, 0.5) is 0 Å². The third-order valence-corrected chi connectivity index (χ3v) is 3.01. The zero-order chi connectivity index (χ0) is 11.3. The quantitative estimate of drug-likeness (QED) is 0.777. The van der Waals surface area contributed by atoms with Crippen molar-refractivity contribution in [3.05, 3.63) is 35.4 Å². The molecule has 0 aliphatic carbocycles. The van der Waals surface area contributed by atoms with Crippen molar-refractivity contribution in [2.45, 2.75) is 45.6 Å². The van der Waals surface area contributed by atoms with E-state index >= 15 is 0 Å². The number of benzene rings is 1. The summed E-state index contributed by atoms with van der Waals surface area (Å²) in [6.07, 6.45) is 2.37. The second kappa shape index (κ2) is 5.92. The lowest BCUT2D eigenvalue weighted by Crippen LogP contribution is -2.21. The van der Waals surface area contributed by atoms with Gasteiger partial charge in [-0.05, 0) is 43.9 Å². The average Bonchev–Trinajstić information content (AvgIpc) is 2.26. The molecule has 0 aliphatic heterocycles. The second-order valence-electron chi connectivity index (χ2n) is 4.62. The lowest BCUT2D eigenvalue weighted by atomic mass is 9.99. The Morgan fingerprint density at radius 3 is 2.13 bits per heavy atom. The monoisotopic (exact) mass is 205 g/mol. The van der Waals surface area contributed by atoms with Crippen LogP contribution < -0.4 is 5.32 Å². The average molecular weight is 205 g/mol. The Balaban J connectivity index is 2.50. The van der Waals surface area contributed by atoms with Gasteiger partial charge in [-0.25, -0.2) is 0 Å². The van der Waals surface area contributed by atoms with Gasteiger partial charge in [-0.15, -0.1) is 0 Å². The molecule has 0 aliphatic rings. The highest BCUT2D eigenvalue weighted by molar-refractivity contribution is 5.24. The van der Waals surface area contributed by atoms with Crippen molar-refractivity contribution >= 4 is 0 Å². The predicted octanol–water partition coefficient (Wildman–Crippen LogP) is 3.35. The summed E-state index contributed by atoms with van der Waals surface area (Å²) in [5.74, 6) is 0.635. The first-order valence-electron chi connectivity index (χ1n) is 5.89.